The van der Waals surface area contributed by atoms with Crippen molar-refractivity contribution in [3.05, 3.63) is 47.0 Å². The zero-order chi connectivity index (χ0) is 24.1. The highest BCUT2D eigenvalue weighted by Crippen LogP contribution is 2.37. The van der Waals surface area contributed by atoms with Crippen LogP contribution in [0.3, 0.4) is 0 Å². The fraction of sp³-hybridized carbons (Fsp3) is 0.360. The van der Waals surface area contributed by atoms with Crippen molar-refractivity contribution >= 4 is 35.2 Å². The highest BCUT2D eigenvalue weighted by molar-refractivity contribution is 6.32. The second-order valence-electron chi connectivity index (χ2n) is 7.96. The van der Waals surface area contributed by atoms with Crippen molar-refractivity contribution in [3.8, 4) is 23.0 Å². The van der Waals surface area contributed by atoms with Gasteiger partial charge in [0.2, 0.25) is 18.6 Å². The Balaban J connectivity index is 1.30. The van der Waals surface area contributed by atoms with Gasteiger partial charge in [-0.25, -0.2) is 0 Å². The first-order chi connectivity index (χ1) is 16.5. The molecule has 0 unspecified atom stereocenters. The normalized spacial score (nSPS) is 15.4. The molecule has 2 amide bonds. The van der Waals surface area contributed by atoms with E-state index in [1.165, 1.54) is 6.08 Å². The maximum atomic E-state index is 12.7. The van der Waals surface area contributed by atoms with Gasteiger partial charge in [0.15, 0.2) is 23.0 Å². The Morgan fingerprint density at radius 2 is 1.94 bits per heavy atom. The number of amides is 2. The molecule has 1 fully saturated rings. The van der Waals surface area contributed by atoms with Crippen LogP contribution >= 0.6 is 11.6 Å². The molecule has 0 aromatic heterocycles. The fourth-order valence-electron chi connectivity index (χ4n) is 3.97. The molecule has 2 aromatic rings. The summed E-state index contributed by atoms with van der Waals surface area (Å²) in [6.45, 7) is 3.54. The Morgan fingerprint density at radius 1 is 1.18 bits per heavy atom. The molecule has 0 bridgehead atoms. The molecule has 2 aliphatic heterocycles. The monoisotopic (exact) mass is 486 g/mol. The van der Waals surface area contributed by atoms with Crippen LogP contribution in [0.4, 0.5) is 5.69 Å². The van der Waals surface area contributed by atoms with E-state index >= 15 is 0 Å². The molecule has 2 aliphatic rings. The van der Waals surface area contributed by atoms with Gasteiger partial charge in [-0.2, -0.15) is 0 Å². The molecule has 4 rings (SSSR count). The standard InChI is InChI=1S/C25H27ClN2O6/c1-3-32-24-19(26)12-16(13-22(24)31-2)4-7-23(29)28-10-8-17(9-11-28)25(30)27-18-5-6-20-21(14-18)34-15-33-20/h4-7,12-14,17H,3,8-11,15H2,1-2H3,(H,27,30)/b7-4+. The summed E-state index contributed by atoms with van der Waals surface area (Å²) in [5, 5.41) is 3.35. The first-order valence-electron chi connectivity index (χ1n) is 11.2. The quantitative estimate of drug-likeness (QED) is 0.585. The summed E-state index contributed by atoms with van der Waals surface area (Å²) >= 11 is 6.30. The van der Waals surface area contributed by atoms with Crippen LogP contribution in [0.15, 0.2) is 36.4 Å². The van der Waals surface area contributed by atoms with Gasteiger partial charge in [-0.3, -0.25) is 9.59 Å². The molecular formula is C25H27ClN2O6. The minimum atomic E-state index is -0.160. The van der Waals surface area contributed by atoms with Crippen molar-refractivity contribution in [3.63, 3.8) is 0 Å². The molecule has 180 valence electrons. The van der Waals surface area contributed by atoms with E-state index in [0.29, 0.717) is 66.2 Å². The van der Waals surface area contributed by atoms with Crippen molar-refractivity contribution in [2.45, 2.75) is 19.8 Å². The van der Waals surface area contributed by atoms with Gasteiger partial charge in [-0.05, 0) is 55.7 Å². The largest absolute Gasteiger partial charge is 0.493 e. The van der Waals surface area contributed by atoms with Gasteiger partial charge in [0, 0.05) is 36.8 Å². The summed E-state index contributed by atoms with van der Waals surface area (Å²) < 4.78 is 21.5. The van der Waals surface area contributed by atoms with Gasteiger partial charge >= 0.3 is 0 Å². The van der Waals surface area contributed by atoms with E-state index in [9.17, 15) is 9.59 Å². The average molecular weight is 487 g/mol. The molecule has 0 radical (unpaired) electrons. The van der Waals surface area contributed by atoms with E-state index in [1.54, 1.807) is 48.4 Å². The molecule has 0 aliphatic carbocycles. The number of ether oxygens (including phenoxy) is 4. The van der Waals surface area contributed by atoms with Crippen LogP contribution in [0.1, 0.15) is 25.3 Å². The van der Waals surface area contributed by atoms with E-state index < -0.39 is 0 Å². The smallest absolute Gasteiger partial charge is 0.246 e. The van der Waals surface area contributed by atoms with Crippen LogP contribution in [0.25, 0.3) is 6.08 Å². The number of hydrogen-bond donors (Lipinski definition) is 1. The van der Waals surface area contributed by atoms with E-state index in [4.69, 9.17) is 30.5 Å². The van der Waals surface area contributed by atoms with E-state index in [-0.39, 0.29) is 24.5 Å². The van der Waals surface area contributed by atoms with E-state index in [0.717, 1.165) is 5.56 Å². The molecule has 2 heterocycles. The Hall–Kier alpha value is -3.39. The molecule has 8 nitrogen and oxygen atoms in total. The predicted molar refractivity (Wildman–Crippen MR) is 129 cm³/mol. The SMILES string of the molecule is CCOc1c(Cl)cc(/C=C/C(=O)N2CCC(C(=O)Nc3ccc4c(c3)OCO4)CC2)cc1OC. The average Bonchev–Trinajstić information content (AvgIpc) is 3.32. The summed E-state index contributed by atoms with van der Waals surface area (Å²) in [6, 6.07) is 8.82. The van der Waals surface area contributed by atoms with Gasteiger partial charge in [0.25, 0.3) is 0 Å². The highest BCUT2D eigenvalue weighted by atomic mass is 35.5. The van der Waals surface area contributed by atoms with Crippen molar-refractivity contribution in [1.29, 1.82) is 0 Å². The molecular weight excluding hydrogens is 460 g/mol. The lowest BCUT2D eigenvalue weighted by atomic mass is 9.95. The summed E-state index contributed by atoms with van der Waals surface area (Å²) in [6.07, 6.45) is 4.40. The maximum absolute atomic E-state index is 12.7. The third-order valence-electron chi connectivity index (χ3n) is 5.78. The number of fused-ring (bicyclic) bond motifs is 1. The van der Waals surface area contributed by atoms with Crippen molar-refractivity contribution in [2.75, 3.05) is 38.9 Å². The van der Waals surface area contributed by atoms with Crippen molar-refractivity contribution in [2.24, 2.45) is 5.92 Å². The van der Waals surface area contributed by atoms with Crippen LogP contribution in [-0.4, -0.2) is 50.3 Å². The second-order valence-corrected chi connectivity index (χ2v) is 8.36. The number of rotatable bonds is 7. The van der Waals surface area contributed by atoms with E-state index in [2.05, 4.69) is 5.32 Å². The number of piperidine rings is 1. The van der Waals surface area contributed by atoms with Gasteiger partial charge in [-0.1, -0.05) is 11.6 Å². The predicted octanol–water partition coefficient (Wildman–Crippen LogP) is 4.37. The fourth-order valence-corrected chi connectivity index (χ4v) is 4.25. The van der Waals surface area contributed by atoms with Gasteiger partial charge < -0.3 is 29.2 Å². The van der Waals surface area contributed by atoms with E-state index in [1.807, 2.05) is 6.92 Å². The second kappa shape index (κ2) is 10.7. The van der Waals surface area contributed by atoms with Gasteiger partial charge in [-0.15, -0.1) is 0 Å². The number of anilines is 1. The molecule has 0 spiro atoms. The molecule has 0 atom stereocenters. The third kappa shape index (κ3) is 5.39. The molecule has 2 aromatic carbocycles. The molecule has 34 heavy (non-hydrogen) atoms. The highest BCUT2D eigenvalue weighted by Gasteiger charge is 2.27. The Bertz CT molecular complexity index is 1100. The van der Waals surface area contributed by atoms with Crippen LogP contribution < -0.4 is 24.3 Å². The number of carbonyl (C=O) groups is 2. The number of nitrogens with zero attached hydrogens (tertiary/aromatic N) is 1. The first kappa shape index (κ1) is 23.8. The van der Waals surface area contributed by atoms with Crippen molar-refractivity contribution in [1.82, 2.24) is 4.90 Å². The van der Waals surface area contributed by atoms with Crippen LogP contribution in [0.2, 0.25) is 5.02 Å². The third-order valence-corrected chi connectivity index (χ3v) is 6.06. The number of hydrogen-bond acceptors (Lipinski definition) is 6. The minimum absolute atomic E-state index is 0.0577. The zero-order valence-corrected chi connectivity index (χ0v) is 19.9. The maximum Gasteiger partial charge on any atom is 0.246 e. The Kier molecular flexibility index (Phi) is 7.47. The Labute approximate surface area is 203 Å². The number of halogens is 1. The minimum Gasteiger partial charge on any atom is -0.493 e. The lowest BCUT2D eigenvalue weighted by Crippen LogP contribution is -2.40. The molecule has 0 saturated carbocycles. The lowest BCUT2D eigenvalue weighted by molar-refractivity contribution is -0.130. The number of methoxy groups -OCH3 is 1. The number of likely N-dealkylation sites (tertiary alicyclic amines) is 1. The van der Waals surface area contributed by atoms with Gasteiger partial charge in [0.05, 0.1) is 18.7 Å². The van der Waals surface area contributed by atoms with Crippen LogP contribution in [0.5, 0.6) is 23.0 Å². The molecule has 1 saturated heterocycles. The topological polar surface area (TPSA) is 86.3 Å². The molecule has 9 heteroatoms. The Morgan fingerprint density at radius 3 is 2.68 bits per heavy atom. The summed E-state index contributed by atoms with van der Waals surface area (Å²) in [4.78, 5) is 27.1. The first-order valence-corrected chi connectivity index (χ1v) is 11.5. The van der Waals surface area contributed by atoms with Crippen LogP contribution in [-0.2, 0) is 9.59 Å². The van der Waals surface area contributed by atoms with Crippen LogP contribution in [0, 0.1) is 5.92 Å². The summed E-state index contributed by atoms with van der Waals surface area (Å²) in [7, 11) is 1.54. The lowest BCUT2D eigenvalue weighted by Gasteiger charge is -2.30. The summed E-state index contributed by atoms with van der Waals surface area (Å²) in [5.41, 5.74) is 1.40. The van der Waals surface area contributed by atoms with Crippen molar-refractivity contribution < 1.29 is 28.5 Å². The zero-order valence-electron chi connectivity index (χ0n) is 19.1. The number of carbonyl (C=O) groups excluding carboxylic acids is 2. The van der Waals surface area contributed by atoms with Gasteiger partial charge in [0.1, 0.15) is 0 Å². The summed E-state index contributed by atoms with van der Waals surface area (Å²) in [5.74, 6) is 1.95. The number of benzene rings is 2. The number of nitrogens with one attached hydrogen (secondary N) is 1. The molecule has 1 N–H and O–H groups in total.